The van der Waals surface area contributed by atoms with Crippen molar-refractivity contribution in [3.8, 4) is 0 Å². The molecule has 1 atom stereocenters. The van der Waals surface area contributed by atoms with Crippen LogP contribution in [0.5, 0.6) is 0 Å². The number of aliphatic hydroxyl groups is 1. The smallest absolute Gasteiger partial charge is 0.0451 e. The highest BCUT2D eigenvalue weighted by Crippen LogP contribution is 2.29. The van der Waals surface area contributed by atoms with Crippen LogP contribution in [0, 0.1) is 6.92 Å². The summed E-state index contributed by atoms with van der Waals surface area (Å²) in [5.41, 5.74) is 7.87. The van der Waals surface area contributed by atoms with Crippen molar-refractivity contribution in [2.24, 2.45) is 5.73 Å². The minimum atomic E-state index is -0.471. The third kappa shape index (κ3) is 2.56. The van der Waals surface area contributed by atoms with Gasteiger partial charge < -0.3 is 10.8 Å². The Bertz CT molecular complexity index is 323. The van der Waals surface area contributed by atoms with Gasteiger partial charge in [0.15, 0.2) is 0 Å². The van der Waals surface area contributed by atoms with Crippen LogP contribution < -0.4 is 5.73 Å². The van der Waals surface area contributed by atoms with Crippen molar-refractivity contribution in [1.82, 2.24) is 0 Å². The van der Waals surface area contributed by atoms with Crippen molar-refractivity contribution in [2.75, 3.05) is 6.61 Å². The Hall–Kier alpha value is -0.380. The van der Waals surface area contributed by atoms with Crippen molar-refractivity contribution < 1.29 is 5.11 Å². The van der Waals surface area contributed by atoms with Crippen LogP contribution in [0.4, 0.5) is 0 Å². The van der Waals surface area contributed by atoms with E-state index in [4.69, 9.17) is 10.8 Å². The number of benzene rings is 1. The highest BCUT2D eigenvalue weighted by molar-refractivity contribution is 9.10. The fourth-order valence-corrected chi connectivity index (χ4v) is 2.40. The summed E-state index contributed by atoms with van der Waals surface area (Å²) < 4.78 is 1.01. The van der Waals surface area contributed by atoms with Gasteiger partial charge in [-0.1, -0.05) is 28.1 Å². The van der Waals surface area contributed by atoms with Gasteiger partial charge in [0.25, 0.3) is 0 Å². The maximum Gasteiger partial charge on any atom is 0.0451 e. The molecule has 1 aromatic rings. The summed E-state index contributed by atoms with van der Waals surface area (Å²) >= 11 is 3.49. The summed E-state index contributed by atoms with van der Waals surface area (Å²) in [6.45, 7) is 4.07. The van der Waals surface area contributed by atoms with Crippen LogP contribution in [-0.4, -0.2) is 11.7 Å². The molecule has 14 heavy (non-hydrogen) atoms. The zero-order valence-electron chi connectivity index (χ0n) is 8.55. The molecule has 78 valence electrons. The van der Waals surface area contributed by atoms with E-state index < -0.39 is 5.54 Å². The van der Waals surface area contributed by atoms with Gasteiger partial charge >= 0.3 is 0 Å². The predicted octanol–water partition coefficient (Wildman–Crippen LogP) is 2.31. The van der Waals surface area contributed by atoms with Crippen LogP contribution >= 0.6 is 15.9 Å². The summed E-state index contributed by atoms with van der Waals surface area (Å²) in [4.78, 5) is 0. The Morgan fingerprint density at radius 2 is 2.14 bits per heavy atom. The molecule has 0 aliphatic heterocycles. The van der Waals surface area contributed by atoms with Gasteiger partial charge in [-0.2, -0.15) is 0 Å². The van der Waals surface area contributed by atoms with E-state index in [-0.39, 0.29) is 6.61 Å². The second-order valence-corrected chi connectivity index (χ2v) is 4.73. The molecule has 3 N–H and O–H groups in total. The molecule has 0 spiro atoms. The minimum absolute atomic E-state index is 0.104. The molecule has 0 aromatic heterocycles. The van der Waals surface area contributed by atoms with E-state index in [0.29, 0.717) is 6.42 Å². The standard InChI is InChI=1S/C11H16BrNO/c1-8-3-4-9(10(12)7-8)11(2,13)5-6-14/h3-4,7,14H,5-6,13H2,1-2H3/t11-/m0/s1. The van der Waals surface area contributed by atoms with Gasteiger partial charge in [-0.05, 0) is 37.5 Å². The Labute approximate surface area is 93.3 Å². The first-order chi connectivity index (χ1) is 6.47. The first-order valence-electron chi connectivity index (χ1n) is 4.64. The minimum Gasteiger partial charge on any atom is -0.396 e. The number of aryl methyl sites for hydroxylation is 1. The summed E-state index contributed by atoms with van der Waals surface area (Å²) in [6, 6.07) is 6.08. The molecular weight excluding hydrogens is 242 g/mol. The third-order valence-electron chi connectivity index (χ3n) is 2.37. The number of nitrogens with two attached hydrogens (primary N) is 1. The van der Waals surface area contributed by atoms with Crippen LogP contribution in [0.2, 0.25) is 0 Å². The zero-order valence-corrected chi connectivity index (χ0v) is 10.1. The van der Waals surface area contributed by atoms with Crippen LogP contribution in [0.1, 0.15) is 24.5 Å². The maximum absolute atomic E-state index is 8.91. The molecule has 0 heterocycles. The predicted molar refractivity (Wildman–Crippen MR) is 62.1 cm³/mol. The summed E-state index contributed by atoms with van der Waals surface area (Å²) in [7, 11) is 0. The number of halogens is 1. The lowest BCUT2D eigenvalue weighted by molar-refractivity contribution is 0.247. The molecule has 0 radical (unpaired) electrons. The Balaban J connectivity index is 3.06. The molecular formula is C11H16BrNO. The number of rotatable bonds is 3. The topological polar surface area (TPSA) is 46.2 Å². The summed E-state index contributed by atoms with van der Waals surface area (Å²) in [5.74, 6) is 0. The van der Waals surface area contributed by atoms with Crippen molar-refractivity contribution in [3.63, 3.8) is 0 Å². The lowest BCUT2D eigenvalue weighted by atomic mass is 9.90. The fraction of sp³-hybridized carbons (Fsp3) is 0.455. The Kier molecular flexibility index (Phi) is 3.70. The quantitative estimate of drug-likeness (QED) is 0.873. The van der Waals surface area contributed by atoms with Crippen LogP contribution in [0.3, 0.4) is 0 Å². The molecule has 1 aromatic carbocycles. The van der Waals surface area contributed by atoms with E-state index in [1.54, 1.807) is 0 Å². The van der Waals surface area contributed by atoms with Crippen LogP contribution in [0.15, 0.2) is 22.7 Å². The molecule has 0 amide bonds. The molecule has 0 aliphatic carbocycles. The van der Waals surface area contributed by atoms with E-state index in [9.17, 15) is 0 Å². The molecule has 0 unspecified atom stereocenters. The van der Waals surface area contributed by atoms with E-state index in [1.165, 1.54) is 5.56 Å². The van der Waals surface area contributed by atoms with Crippen molar-refractivity contribution in [3.05, 3.63) is 33.8 Å². The Morgan fingerprint density at radius 3 is 2.64 bits per heavy atom. The highest BCUT2D eigenvalue weighted by Gasteiger charge is 2.22. The Morgan fingerprint density at radius 1 is 1.50 bits per heavy atom. The monoisotopic (exact) mass is 257 g/mol. The molecule has 3 heteroatoms. The van der Waals surface area contributed by atoms with Crippen LogP contribution in [-0.2, 0) is 5.54 Å². The van der Waals surface area contributed by atoms with Crippen molar-refractivity contribution >= 4 is 15.9 Å². The highest BCUT2D eigenvalue weighted by atomic mass is 79.9. The second-order valence-electron chi connectivity index (χ2n) is 3.87. The van der Waals surface area contributed by atoms with Crippen molar-refractivity contribution in [2.45, 2.75) is 25.8 Å². The normalized spacial score (nSPS) is 15.2. The van der Waals surface area contributed by atoms with Gasteiger partial charge in [-0.25, -0.2) is 0 Å². The molecule has 0 saturated carbocycles. The first-order valence-corrected chi connectivity index (χ1v) is 5.43. The lowest BCUT2D eigenvalue weighted by Crippen LogP contribution is -2.34. The second kappa shape index (κ2) is 4.43. The van der Waals surface area contributed by atoms with Gasteiger partial charge in [-0.15, -0.1) is 0 Å². The van der Waals surface area contributed by atoms with E-state index in [0.717, 1.165) is 10.0 Å². The average Bonchev–Trinajstić information content (AvgIpc) is 2.02. The lowest BCUT2D eigenvalue weighted by Gasteiger charge is -2.25. The largest absolute Gasteiger partial charge is 0.396 e. The number of hydrogen-bond acceptors (Lipinski definition) is 2. The average molecular weight is 258 g/mol. The molecule has 0 aliphatic rings. The number of aliphatic hydroxyl groups excluding tert-OH is 1. The number of hydrogen-bond donors (Lipinski definition) is 2. The fourth-order valence-electron chi connectivity index (χ4n) is 1.45. The van der Waals surface area contributed by atoms with E-state index >= 15 is 0 Å². The molecule has 1 rings (SSSR count). The molecule has 0 fully saturated rings. The molecule has 0 bridgehead atoms. The SMILES string of the molecule is Cc1ccc([C@@](C)(N)CCO)c(Br)c1. The van der Waals surface area contributed by atoms with Crippen LogP contribution in [0.25, 0.3) is 0 Å². The third-order valence-corrected chi connectivity index (χ3v) is 3.03. The van der Waals surface area contributed by atoms with Gasteiger partial charge in [0.05, 0.1) is 0 Å². The van der Waals surface area contributed by atoms with Gasteiger partial charge in [0.1, 0.15) is 0 Å². The van der Waals surface area contributed by atoms with E-state index in [1.807, 2.05) is 32.0 Å². The zero-order chi connectivity index (χ0) is 10.8. The molecule has 2 nitrogen and oxygen atoms in total. The van der Waals surface area contributed by atoms with Gasteiger partial charge in [0, 0.05) is 16.6 Å². The van der Waals surface area contributed by atoms with Gasteiger partial charge in [0.2, 0.25) is 0 Å². The molecule has 0 saturated heterocycles. The maximum atomic E-state index is 8.91. The summed E-state index contributed by atoms with van der Waals surface area (Å²) in [5, 5.41) is 8.91. The van der Waals surface area contributed by atoms with E-state index in [2.05, 4.69) is 15.9 Å². The summed E-state index contributed by atoms with van der Waals surface area (Å²) in [6.07, 6.45) is 0.564. The first kappa shape index (κ1) is 11.7. The van der Waals surface area contributed by atoms with Gasteiger partial charge in [-0.3, -0.25) is 0 Å². The van der Waals surface area contributed by atoms with Crippen molar-refractivity contribution in [1.29, 1.82) is 0 Å².